The molecule has 17 heavy (non-hydrogen) atoms. The van der Waals surface area contributed by atoms with E-state index in [0.29, 0.717) is 38.9 Å². The Labute approximate surface area is 102 Å². The highest BCUT2D eigenvalue weighted by Gasteiger charge is 2.55. The highest BCUT2D eigenvalue weighted by Crippen LogP contribution is 2.49. The maximum absolute atomic E-state index is 11.7. The van der Waals surface area contributed by atoms with E-state index in [1.54, 1.807) is 0 Å². The summed E-state index contributed by atoms with van der Waals surface area (Å²) in [6.07, 6.45) is 5.90. The second kappa shape index (κ2) is 4.94. The van der Waals surface area contributed by atoms with Crippen molar-refractivity contribution in [1.29, 1.82) is 0 Å². The standard InChI is InChI=1S/C13H22O4/c14-11(15)12(5-2-1-3-6-12)13(16)7-4-9-17-10-8-13/h16H,1-10H2,(H,14,15). The summed E-state index contributed by atoms with van der Waals surface area (Å²) >= 11 is 0. The van der Waals surface area contributed by atoms with Gasteiger partial charge in [0, 0.05) is 19.6 Å². The SMILES string of the molecule is O=C(O)C1(C2(O)CCCOCC2)CCCCC1. The highest BCUT2D eigenvalue weighted by atomic mass is 16.5. The molecular weight excluding hydrogens is 220 g/mol. The molecule has 2 fully saturated rings. The molecule has 1 heterocycles. The van der Waals surface area contributed by atoms with Gasteiger partial charge in [-0.1, -0.05) is 19.3 Å². The average molecular weight is 242 g/mol. The summed E-state index contributed by atoms with van der Waals surface area (Å²) < 4.78 is 5.35. The fourth-order valence-corrected chi connectivity index (χ4v) is 3.45. The molecule has 1 atom stereocenters. The molecule has 0 spiro atoms. The third-order valence-corrected chi connectivity index (χ3v) is 4.55. The van der Waals surface area contributed by atoms with Gasteiger partial charge in [0.1, 0.15) is 0 Å². The molecule has 0 radical (unpaired) electrons. The zero-order valence-corrected chi connectivity index (χ0v) is 10.3. The van der Waals surface area contributed by atoms with E-state index in [1.807, 2.05) is 0 Å². The molecule has 1 unspecified atom stereocenters. The smallest absolute Gasteiger partial charge is 0.312 e. The fraction of sp³-hybridized carbons (Fsp3) is 0.923. The summed E-state index contributed by atoms with van der Waals surface area (Å²) in [5, 5.41) is 20.4. The Kier molecular flexibility index (Phi) is 3.73. The Hall–Kier alpha value is -0.610. The molecule has 4 nitrogen and oxygen atoms in total. The van der Waals surface area contributed by atoms with Crippen LogP contribution in [0.15, 0.2) is 0 Å². The van der Waals surface area contributed by atoms with Crippen molar-refractivity contribution in [2.45, 2.75) is 57.0 Å². The van der Waals surface area contributed by atoms with Crippen molar-refractivity contribution in [1.82, 2.24) is 0 Å². The van der Waals surface area contributed by atoms with Gasteiger partial charge in [-0.15, -0.1) is 0 Å². The summed E-state index contributed by atoms with van der Waals surface area (Å²) in [6, 6.07) is 0. The minimum atomic E-state index is -1.07. The van der Waals surface area contributed by atoms with Gasteiger partial charge < -0.3 is 14.9 Å². The van der Waals surface area contributed by atoms with Crippen molar-refractivity contribution in [2.24, 2.45) is 5.41 Å². The molecule has 1 aliphatic heterocycles. The van der Waals surface area contributed by atoms with Gasteiger partial charge in [0.15, 0.2) is 0 Å². The highest BCUT2D eigenvalue weighted by molar-refractivity contribution is 5.76. The number of carboxylic acids is 1. The second-order valence-electron chi connectivity index (χ2n) is 5.45. The van der Waals surface area contributed by atoms with Crippen molar-refractivity contribution in [3.05, 3.63) is 0 Å². The number of carbonyl (C=O) groups is 1. The number of hydrogen-bond acceptors (Lipinski definition) is 3. The number of ether oxygens (including phenoxy) is 1. The molecule has 2 aliphatic rings. The average Bonchev–Trinajstić information content (AvgIpc) is 2.56. The van der Waals surface area contributed by atoms with E-state index < -0.39 is 17.0 Å². The van der Waals surface area contributed by atoms with Crippen LogP contribution in [0.3, 0.4) is 0 Å². The summed E-state index contributed by atoms with van der Waals surface area (Å²) in [5.41, 5.74) is -2.01. The predicted molar refractivity (Wildman–Crippen MR) is 62.8 cm³/mol. The van der Waals surface area contributed by atoms with Gasteiger partial charge in [0.25, 0.3) is 0 Å². The van der Waals surface area contributed by atoms with E-state index in [4.69, 9.17) is 4.74 Å². The molecule has 2 rings (SSSR count). The van der Waals surface area contributed by atoms with Gasteiger partial charge >= 0.3 is 5.97 Å². The molecule has 0 amide bonds. The minimum absolute atomic E-state index is 0.458. The van der Waals surface area contributed by atoms with Gasteiger partial charge in [-0.2, -0.15) is 0 Å². The van der Waals surface area contributed by atoms with Crippen LogP contribution < -0.4 is 0 Å². The largest absolute Gasteiger partial charge is 0.481 e. The summed E-state index contributed by atoms with van der Waals surface area (Å²) in [6.45, 7) is 1.11. The van der Waals surface area contributed by atoms with Crippen LogP contribution in [0.25, 0.3) is 0 Å². The van der Waals surface area contributed by atoms with E-state index >= 15 is 0 Å². The van der Waals surface area contributed by atoms with Crippen molar-refractivity contribution < 1.29 is 19.7 Å². The van der Waals surface area contributed by atoms with Gasteiger partial charge in [0.05, 0.1) is 11.0 Å². The Morgan fingerprint density at radius 1 is 0.941 bits per heavy atom. The molecule has 0 aromatic rings. The Bertz CT molecular complexity index is 273. The van der Waals surface area contributed by atoms with Gasteiger partial charge in [-0.3, -0.25) is 4.79 Å². The molecule has 1 saturated heterocycles. The topological polar surface area (TPSA) is 66.8 Å². The first-order chi connectivity index (χ1) is 8.11. The number of rotatable bonds is 2. The maximum atomic E-state index is 11.7. The molecule has 2 N–H and O–H groups in total. The number of aliphatic hydroxyl groups is 1. The van der Waals surface area contributed by atoms with E-state index in [0.717, 1.165) is 25.7 Å². The molecular formula is C13H22O4. The third-order valence-electron chi connectivity index (χ3n) is 4.55. The van der Waals surface area contributed by atoms with E-state index in [1.165, 1.54) is 0 Å². The van der Waals surface area contributed by atoms with Crippen LogP contribution in [0.2, 0.25) is 0 Å². The van der Waals surface area contributed by atoms with Gasteiger partial charge in [-0.05, 0) is 25.7 Å². The normalized spacial score (nSPS) is 33.9. The Balaban J connectivity index is 2.26. The van der Waals surface area contributed by atoms with Crippen molar-refractivity contribution in [3.63, 3.8) is 0 Å². The van der Waals surface area contributed by atoms with E-state index in [-0.39, 0.29) is 0 Å². The summed E-state index contributed by atoms with van der Waals surface area (Å²) in [5.74, 6) is -0.818. The summed E-state index contributed by atoms with van der Waals surface area (Å²) in [4.78, 5) is 11.7. The Morgan fingerprint density at radius 2 is 1.65 bits per heavy atom. The van der Waals surface area contributed by atoms with Crippen LogP contribution in [-0.2, 0) is 9.53 Å². The minimum Gasteiger partial charge on any atom is -0.481 e. The first kappa shape index (κ1) is 12.8. The molecule has 1 aliphatic carbocycles. The first-order valence-electron chi connectivity index (χ1n) is 6.64. The predicted octanol–water partition coefficient (Wildman–Crippen LogP) is 1.95. The maximum Gasteiger partial charge on any atom is 0.312 e. The third kappa shape index (κ3) is 2.20. The fourth-order valence-electron chi connectivity index (χ4n) is 3.45. The lowest BCUT2D eigenvalue weighted by molar-refractivity contribution is -0.178. The molecule has 1 saturated carbocycles. The lowest BCUT2D eigenvalue weighted by atomic mass is 9.61. The lowest BCUT2D eigenvalue weighted by Gasteiger charge is -2.46. The van der Waals surface area contributed by atoms with Crippen molar-refractivity contribution in [2.75, 3.05) is 13.2 Å². The number of carboxylic acid groups (broad SMARTS) is 1. The lowest BCUT2D eigenvalue weighted by Crippen LogP contribution is -2.54. The van der Waals surface area contributed by atoms with Crippen LogP contribution in [0.4, 0.5) is 0 Å². The quantitative estimate of drug-likeness (QED) is 0.776. The van der Waals surface area contributed by atoms with Crippen molar-refractivity contribution >= 4 is 5.97 Å². The zero-order chi connectivity index (χ0) is 12.4. The van der Waals surface area contributed by atoms with Crippen LogP contribution >= 0.6 is 0 Å². The summed E-state index contributed by atoms with van der Waals surface area (Å²) in [7, 11) is 0. The van der Waals surface area contributed by atoms with E-state index in [9.17, 15) is 15.0 Å². The molecule has 0 aromatic heterocycles. The number of aliphatic carboxylic acids is 1. The monoisotopic (exact) mass is 242 g/mol. The van der Waals surface area contributed by atoms with Crippen LogP contribution in [-0.4, -0.2) is 35.0 Å². The zero-order valence-electron chi connectivity index (χ0n) is 10.3. The van der Waals surface area contributed by atoms with E-state index in [2.05, 4.69) is 0 Å². The molecule has 0 bridgehead atoms. The first-order valence-corrected chi connectivity index (χ1v) is 6.64. The Morgan fingerprint density at radius 3 is 2.29 bits per heavy atom. The van der Waals surface area contributed by atoms with Gasteiger partial charge in [-0.25, -0.2) is 0 Å². The van der Waals surface area contributed by atoms with Crippen molar-refractivity contribution in [3.8, 4) is 0 Å². The molecule has 0 aromatic carbocycles. The van der Waals surface area contributed by atoms with Gasteiger partial charge in [0.2, 0.25) is 0 Å². The molecule has 98 valence electrons. The molecule has 4 heteroatoms. The second-order valence-corrected chi connectivity index (χ2v) is 5.45. The van der Waals surface area contributed by atoms with Crippen LogP contribution in [0.1, 0.15) is 51.4 Å². The van der Waals surface area contributed by atoms with Crippen LogP contribution in [0.5, 0.6) is 0 Å². The van der Waals surface area contributed by atoms with Crippen LogP contribution in [0, 0.1) is 5.41 Å². The number of hydrogen-bond donors (Lipinski definition) is 2.